The minimum atomic E-state index is -0.849. The van der Waals surface area contributed by atoms with Gasteiger partial charge in [0.15, 0.2) is 5.78 Å². The number of Topliss-reactive ketones (excluding diaryl/α,β-unsaturated/α-hetero) is 1. The zero-order valence-corrected chi connectivity index (χ0v) is 9.30. The number of rotatable bonds is 5. The average molecular weight is 228 g/mol. The quantitative estimate of drug-likeness (QED) is 0.724. The molecule has 88 valence electrons. The second-order valence-corrected chi connectivity index (χ2v) is 3.58. The first-order valence-corrected chi connectivity index (χ1v) is 5.14. The second-order valence-electron chi connectivity index (χ2n) is 3.58. The summed E-state index contributed by atoms with van der Waals surface area (Å²) in [5.74, 6) is -2.02. The Morgan fingerprint density at radius 2 is 2.12 bits per heavy atom. The molecule has 0 radical (unpaired) electrons. The Morgan fingerprint density at radius 3 is 2.69 bits per heavy atom. The highest BCUT2D eigenvalue weighted by Crippen LogP contribution is 2.11. The van der Waals surface area contributed by atoms with Crippen LogP contribution in [0.1, 0.15) is 30.6 Å². The van der Waals surface area contributed by atoms with Crippen LogP contribution in [0.2, 0.25) is 0 Å². The zero-order chi connectivity index (χ0) is 12.1. The molecule has 0 saturated carbocycles. The molecule has 2 nitrogen and oxygen atoms in total. The van der Waals surface area contributed by atoms with Crippen molar-refractivity contribution in [2.45, 2.75) is 26.4 Å². The van der Waals surface area contributed by atoms with Gasteiger partial charge in [0.1, 0.15) is 18.2 Å². The van der Waals surface area contributed by atoms with Gasteiger partial charge in [-0.05, 0) is 25.5 Å². The number of carbonyl (C=O) groups is 1. The number of ether oxygens (including phenoxy) is 1. The highest BCUT2D eigenvalue weighted by Gasteiger charge is 2.13. The van der Waals surface area contributed by atoms with Gasteiger partial charge in [-0.1, -0.05) is 6.92 Å². The van der Waals surface area contributed by atoms with E-state index in [1.807, 2.05) is 13.8 Å². The van der Waals surface area contributed by atoms with E-state index in [0.717, 1.165) is 18.6 Å². The predicted octanol–water partition coefficient (Wildman–Crippen LogP) is 2.96. The van der Waals surface area contributed by atoms with Crippen molar-refractivity contribution < 1.29 is 18.3 Å². The van der Waals surface area contributed by atoms with Gasteiger partial charge in [0.25, 0.3) is 0 Å². The van der Waals surface area contributed by atoms with E-state index in [1.54, 1.807) is 0 Å². The van der Waals surface area contributed by atoms with Gasteiger partial charge in [-0.3, -0.25) is 4.79 Å². The standard InChI is InChI=1S/C12H14F2O2/c1-3-8(2)16-7-12(15)10-5-4-9(13)6-11(10)14/h4-6,8H,3,7H2,1-2H3. The Labute approximate surface area is 93.2 Å². The van der Waals surface area contributed by atoms with Gasteiger partial charge in [0, 0.05) is 6.07 Å². The maximum absolute atomic E-state index is 13.2. The van der Waals surface area contributed by atoms with Gasteiger partial charge in [-0.2, -0.15) is 0 Å². The van der Waals surface area contributed by atoms with Gasteiger partial charge in [-0.25, -0.2) is 8.78 Å². The van der Waals surface area contributed by atoms with Crippen molar-refractivity contribution in [3.8, 4) is 0 Å². The smallest absolute Gasteiger partial charge is 0.191 e. The molecule has 1 aromatic carbocycles. The van der Waals surface area contributed by atoms with Crippen LogP contribution in [0.3, 0.4) is 0 Å². The molecule has 0 fully saturated rings. The molecule has 1 aromatic rings. The molecule has 0 aliphatic rings. The fourth-order valence-corrected chi connectivity index (χ4v) is 1.13. The maximum atomic E-state index is 13.2. The summed E-state index contributed by atoms with van der Waals surface area (Å²) in [6.45, 7) is 3.57. The molecule has 1 rings (SSSR count). The molecular formula is C12H14F2O2. The Morgan fingerprint density at radius 1 is 1.44 bits per heavy atom. The summed E-state index contributed by atoms with van der Waals surface area (Å²) in [6, 6.07) is 2.88. The van der Waals surface area contributed by atoms with E-state index < -0.39 is 17.4 Å². The lowest BCUT2D eigenvalue weighted by molar-refractivity contribution is 0.0508. The van der Waals surface area contributed by atoms with E-state index in [4.69, 9.17) is 4.74 Å². The molecule has 0 aliphatic heterocycles. The van der Waals surface area contributed by atoms with Gasteiger partial charge >= 0.3 is 0 Å². The van der Waals surface area contributed by atoms with Crippen molar-refractivity contribution >= 4 is 5.78 Å². The van der Waals surface area contributed by atoms with Crippen LogP contribution in [0.4, 0.5) is 8.78 Å². The topological polar surface area (TPSA) is 26.3 Å². The minimum absolute atomic E-state index is 0.0486. The Balaban J connectivity index is 2.66. The molecule has 0 aliphatic carbocycles. The summed E-state index contributed by atoms with van der Waals surface area (Å²) in [5.41, 5.74) is -0.135. The number of hydrogen-bond donors (Lipinski definition) is 0. The lowest BCUT2D eigenvalue weighted by atomic mass is 10.1. The Hall–Kier alpha value is -1.29. The highest BCUT2D eigenvalue weighted by atomic mass is 19.1. The first-order chi connectivity index (χ1) is 7.54. The monoisotopic (exact) mass is 228 g/mol. The van der Waals surface area contributed by atoms with Crippen molar-refractivity contribution in [3.05, 3.63) is 35.4 Å². The number of benzene rings is 1. The molecule has 0 spiro atoms. The molecule has 1 unspecified atom stereocenters. The van der Waals surface area contributed by atoms with Crippen LogP contribution >= 0.6 is 0 Å². The lowest BCUT2D eigenvalue weighted by Gasteiger charge is -2.09. The molecule has 16 heavy (non-hydrogen) atoms. The van der Waals surface area contributed by atoms with Gasteiger partial charge in [0.05, 0.1) is 11.7 Å². The molecule has 0 N–H and O–H groups in total. The van der Waals surface area contributed by atoms with Crippen molar-refractivity contribution in [2.75, 3.05) is 6.61 Å². The summed E-state index contributed by atoms with van der Waals surface area (Å²) in [4.78, 5) is 11.5. The number of carbonyl (C=O) groups excluding carboxylic acids is 1. The van der Waals surface area contributed by atoms with Crippen LogP contribution in [0.5, 0.6) is 0 Å². The predicted molar refractivity (Wildman–Crippen MR) is 56.4 cm³/mol. The molecule has 1 atom stereocenters. The zero-order valence-electron chi connectivity index (χ0n) is 9.30. The van der Waals surface area contributed by atoms with Crippen LogP contribution in [0, 0.1) is 11.6 Å². The molecule has 0 aromatic heterocycles. The summed E-state index contributed by atoms with van der Waals surface area (Å²) < 4.78 is 31.0. The van der Waals surface area contributed by atoms with E-state index in [2.05, 4.69) is 0 Å². The highest BCUT2D eigenvalue weighted by molar-refractivity contribution is 5.97. The van der Waals surface area contributed by atoms with Gasteiger partial charge < -0.3 is 4.74 Å². The maximum Gasteiger partial charge on any atom is 0.191 e. The third-order valence-corrected chi connectivity index (χ3v) is 2.31. The summed E-state index contributed by atoms with van der Waals surface area (Å²) in [5, 5.41) is 0. The van der Waals surface area contributed by atoms with Gasteiger partial charge in [0.2, 0.25) is 0 Å². The lowest BCUT2D eigenvalue weighted by Crippen LogP contribution is -2.16. The average Bonchev–Trinajstić information content (AvgIpc) is 2.25. The molecule has 0 bridgehead atoms. The fraction of sp³-hybridized carbons (Fsp3) is 0.417. The summed E-state index contributed by atoms with van der Waals surface area (Å²) in [6.07, 6.45) is 0.728. The first kappa shape index (κ1) is 12.8. The SMILES string of the molecule is CCC(C)OCC(=O)c1ccc(F)cc1F. The van der Waals surface area contributed by atoms with Crippen LogP contribution < -0.4 is 0 Å². The Kier molecular flexibility index (Phi) is 4.55. The number of hydrogen-bond acceptors (Lipinski definition) is 2. The normalized spacial score (nSPS) is 12.5. The van der Waals surface area contributed by atoms with Gasteiger partial charge in [-0.15, -0.1) is 0 Å². The third-order valence-electron chi connectivity index (χ3n) is 2.31. The molecule has 0 heterocycles. The fourth-order valence-electron chi connectivity index (χ4n) is 1.13. The van der Waals surface area contributed by atoms with E-state index in [1.165, 1.54) is 0 Å². The number of halogens is 2. The van der Waals surface area contributed by atoms with Crippen molar-refractivity contribution in [1.29, 1.82) is 0 Å². The van der Waals surface area contributed by atoms with Crippen molar-refractivity contribution in [3.63, 3.8) is 0 Å². The summed E-state index contributed by atoms with van der Waals surface area (Å²) in [7, 11) is 0. The molecular weight excluding hydrogens is 214 g/mol. The van der Waals surface area contributed by atoms with E-state index in [0.29, 0.717) is 6.07 Å². The van der Waals surface area contributed by atoms with E-state index >= 15 is 0 Å². The molecule has 0 amide bonds. The first-order valence-electron chi connectivity index (χ1n) is 5.14. The third kappa shape index (κ3) is 3.38. The van der Waals surface area contributed by atoms with Crippen LogP contribution in [0.25, 0.3) is 0 Å². The number of ketones is 1. The second kappa shape index (κ2) is 5.70. The van der Waals surface area contributed by atoms with E-state index in [9.17, 15) is 13.6 Å². The minimum Gasteiger partial charge on any atom is -0.370 e. The van der Waals surface area contributed by atoms with Crippen molar-refractivity contribution in [1.82, 2.24) is 0 Å². The molecule has 0 saturated heterocycles. The summed E-state index contributed by atoms with van der Waals surface area (Å²) >= 11 is 0. The van der Waals surface area contributed by atoms with Crippen LogP contribution in [-0.4, -0.2) is 18.5 Å². The Bertz CT molecular complexity index is 377. The largest absolute Gasteiger partial charge is 0.370 e. The van der Waals surface area contributed by atoms with E-state index in [-0.39, 0.29) is 18.3 Å². The molecule has 4 heteroatoms. The van der Waals surface area contributed by atoms with Crippen LogP contribution in [-0.2, 0) is 4.74 Å². The van der Waals surface area contributed by atoms with Crippen LogP contribution in [0.15, 0.2) is 18.2 Å². The van der Waals surface area contributed by atoms with Crippen molar-refractivity contribution in [2.24, 2.45) is 0 Å².